The van der Waals surface area contributed by atoms with Crippen LogP contribution >= 0.6 is 11.8 Å². The van der Waals surface area contributed by atoms with Gasteiger partial charge in [0, 0.05) is 5.75 Å². The van der Waals surface area contributed by atoms with Crippen LogP contribution in [0.2, 0.25) is 0 Å². The number of esters is 1. The number of hydrogen-bond acceptors (Lipinski definition) is 6. The highest BCUT2D eigenvalue weighted by molar-refractivity contribution is 7.98. The number of nitrogens with two attached hydrogens (primary N) is 1. The summed E-state index contributed by atoms with van der Waals surface area (Å²) >= 11 is 1.48. The van der Waals surface area contributed by atoms with Gasteiger partial charge < -0.3 is 9.15 Å². The summed E-state index contributed by atoms with van der Waals surface area (Å²) in [5.41, 5.74) is 2.46. The minimum Gasteiger partial charge on any atom is -0.469 e. The lowest BCUT2D eigenvalue weighted by atomic mass is 10.2. The summed E-state index contributed by atoms with van der Waals surface area (Å²) in [7, 11) is 1.35. The van der Waals surface area contributed by atoms with Crippen molar-refractivity contribution in [2.45, 2.75) is 12.2 Å². The molecule has 0 aromatic carbocycles. The van der Waals surface area contributed by atoms with E-state index in [-0.39, 0.29) is 11.9 Å². The molecule has 3 N–H and O–H groups in total. The molecular weight excluding hydrogens is 244 g/mol. The van der Waals surface area contributed by atoms with Crippen molar-refractivity contribution < 1.29 is 18.7 Å². The van der Waals surface area contributed by atoms with Crippen molar-refractivity contribution in [3.05, 3.63) is 23.7 Å². The second-order valence-electron chi connectivity index (χ2n) is 3.11. The van der Waals surface area contributed by atoms with Crippen LogP contribution in [0, 0.1) is 0 Å². The monoisotopic (exact) mass is 258 g/mol. The van der Waals surface area contributed by atoms with Crippen LogP contribution in [0.5, 0.6) is 0 Å². The van der Waals surface area contributed by atoms with Crippen LogP contribution in [0.1, 0.15) is 22.5 Å². The third kappa shape index (κ3) is 4.12. The average Bonchev–Trinajstić information content (AvgIpc) is 2.81. The van der Waals surface area contributed by atoms with Gasteiger partial charge in [0.25, 0.3) is 5.91 Å². The van der Waals surface area contributed by atoms with Gasteiger partial charge >= 0.3 is 5.97 Å². The molecule has 1 rings (SSSR count). The Morgan fingerprint density at radius 2 is 2.35 bits per heavy atom. The number of ether oxygens (including phenoxy) is 1. The highest BCUT2D eigenvalue weighted by atomic mass is 32.2. The van der Waals surface area contributed by atoms with Gasteiger partial charge in [0.2, 0.25) is 0 Å². The summed E-state index contributed by atoms with van der Waals surface area (Å²) in [5.74, 6) is 6.06. The molecule has 94 valence electrons. The summed E-state index contributed by atoms with van der Waals surface area (Å²) in [4.78, 5) is 22.2. The fourth-order valence-corrected chi connectivity index (χ4v) is 2.02. The Bertz CT molecular complexity index is 391. The average molecular weight is 258 g/mol. The molecule has 0 aliphatic rings. The first kappa shape index (κ1) is 13.6. The highest BCUT2D eigenvalue weighted by Crippen LogP contribution is 2.18. The Labute approximate surface area is 103 Å². The molecule has 0 fully saturated rings. The van der Waals surface area contributed by atoms with Gasteiger partial charge in [-0.3, -0.25) is 15.0 Å². The predicted molar refractivity (Wildman–Crippen MR) is 63.2 cm³/mol. The lowest BCUT2D eigenvalue weighted by Crippen LogP contribution is -2.30. The zero-order valence-corrected chi connectivity index (χ0v) is 10.2. The van der Waals surface area contributed by atoms with E-state index in [9.17, 15) is 9.59 Å². The number of carbonyl (C=O) groups is 2. The van der Waals surface area contributed by atoms with Crippen molar-refractivity contribution in [3.63, 3.8) is 0 Å². The number of hydrogen-bond donors (Lipinski definition) is 2. The number of amides is 1. The molecule has 0 saturated carbocycles. The Morgan fingerprint density at radius 1 is 1.59 bits per heavy atom. The molecule has 17 heavy (non-hydrogen) atoms. The number of methoxy groups -OCH3 is 1. The molecule has 0 spiro atoms. The fourth-order valence-electron chi connectivity index (χ4n) is 1.15. The first-order valence-electron chi connectivity index (χ1n) is 4.91. The summed E-state index contributed by atoms with van der Waals surface area (Å²) in [6.45, 7) is 0. The molecule has 0 atom stereocenters. The van der Waals surface area contributed by atoms with Crippen LogP contribution in [0.3, 0.4) is 0 Å². The molecule has 0 radical (unpaired) electrons. The number of hydrazine groups is 1. The van der Waals surface area contributed by atoms with E-state index < -0.39 is 0 Å². The zero-order valence-electron chi connectivity index (χ0n) is 9.39. The maximum atomic E-state index is 11.3. The second kappa shape index (κ2) is 6.97. The SMILES string of the molecule is COC(=O)CCSCc1occc1C(=O)NN. The molecule has 1 aromatic rings. The lowest BCUT2D eigenvalue weighted by Gasteiger charge is -2.01. The van der Waals surface area contributed by atoms with E-state index in [0.717, 1.165) is 0 Å². The zero-order chi connectivity index (χ0) is 12.7. The largest absolute Gasteiger partial charge is 0.469 e. The number of carbonyl (C=O) groups excluding carboxylic acids is 2. The van der Waals surface area contributed by atoms with E-state index in [1.807, 2.05) is 5.43 Å². The third-order valence-corrected chi connectivity index (χ3v) is 2.99. The molecule has 0 aliphatic carbocycles. The molecule has 0 saturated heterocycles. The molecule has 1 heterocycles. The van der Waals surface area contributed by atoms with Crippen molar-refractivity contribution in [1.29, 1.82) is 0 Å². The Morgan fingerprint density at radius 3 is 3.00 bits per heavy atom. The highest BCUT2D eigenvalue weighted by Gasteiger charge is 2.13. The number of rotatable bonds is 6. The maximum Gasteiger partial charge on any atom is 0.306 e. The molecule has 6 nitrogen and oxygen atoms in total. The van der Waals surface area contributed by atoms with Crippen molar-refractivity contribution in [1.82, 2.24) is 5.43 Å². The van der Waals surface area contributed by atoms with Crippen molar-refractivity contribution in [2.75, 3.05) is 12.9 Å². The van der Waals surface area contributed by atoms with Crippen LogP contribution in [0.4, 0.5) is 0 Å². The van der Waals surface area contributed by atoms with Crippen LogP contribution in [0.15, 0.2) is 16.7 Å². The van der Waals surface area contributed by atoms with E-state index in [4.69, 9.17) is 10.3 Å². The summed E-state index contributed by atoms with van der Waals surface area (Å²) in [6.07, 6.45) is 1.76. The van der Waals surface area contributed by atoms with Crippen LogP contribution < -0.4 is 11.3 Å². The number of thioether (sulfide) groups is 1. The third-order valence-electron chi connectivity index (χ3n) is 2.03. The minimum atomic E-state index is -0.387. The Balaban J connectivity index is 2.39. The van der Waals surface area contributed by atoms with Gasteiger partial charge in [0.15, 0.2) is 0 Å². The van der Waals surface area contributed by atoms with Gasteiger partial charge in [0.1, 0.15) is 5.76 Å². The van der Waals surface area contributed by atoms with E-state index in [1.165, 1.54) is 25.1 Å². The summed E-state index contributed by atoms with van der Waals surface area (Å²) < 4.78 is 9.68. The fraction of sp³-hybridized carbons (Fsp3) is 0.400. The molecule has 1 amide bonds. The summed E-state index contributed by atoms with van der Waals surface area (Å²) in [5, 5.41) is 0. The van der Waals surface area contributed by atoms with Crippen molar-refractivity contribution in [2.24, 2.45) is 5.84 Å². The second-order valence-corrected chi connectivity index (χ2v) is 4.21. The van der Waals surface area contributed by atoms with Crippen LogP contribution in [-0.4, -0.2) is 24.7 Å². The molecule has 0 bridgehead atoms. The maximum absolute atomic E-state index is 11.3. The van der Waals surface area contributed by atoms with E-state index >= 15 is 0 Å². The van der Waals surface area contributed by atoms with Gasteiger partial charge in [-0.1, -0.05) is 0 Å². The smallest absolute Gasteiger partial charge is 0.306 e. The first-order valence-corrected chi connectivity index (χ1v) is 6.06. The quantitative estimate of drug-likeness (QED) is 0.256. The number of nitrogen functional groups attached to an aromatic ring is 1. The topological polar surface area (TPSA) is 94.6 Å². The van der Waals surface area contributed by atoms with E-state index in [2.05, 4.69) is 4.74 Å². The van der Waals surface area contributed by atoms with Gasteiger partial charge in [-0.25, -0.2) is 5.84 Å². The molecule has 0 aliphatic heterocycles. The first-order chi connectivity index (χ1) is 8.19. The van der Waals surface area contributed by atoms with Gasteiger partial charge in [-0.05, 0) is 6.07 Å². The molecule has 1 aromatic heterocycles. The van der Waals surface area contributed by atoms with Crippen LogP contribution in [-0.2, 0) is 15.3 Å². The van der Waals surface area contributed by atoms with E-state index in [0.29, 0.717) is 29.3 Å². The minimum absolute atomic E-state index is 0.253. The van der Waals surface area contributed by atoms with Crippen molar-refractivity contribution in [3.8, 4) is 0 Å². The molecule has 7 heteroatoms. The van der Waals surface area contributed by atoms with Gasteiger partial charge in [-0.2, -0.15) is 11.8 Å². The predicted octanol–water partition coefficient (Wildman–Crippen LogP) is 0.679. The standard InChI is InChI=1S/C10H14N2O4S/c1-15-9(13)3-5-17-6-8-7(2-4-16-8)10(14)12-11/h2,4H,3,5-6,11H2,1H3,(H,12,14). The van der Waals surface area contributed by atoms with Crippen LogP contribution in [0.25, 0.3) is 0 Å². The van der Waals surface area contributed by atoms with Gasteiger partial charge in [-0.15, -0.1) is 0 Å². The normalized spacial score (nSPS) is 10.0. The number of nitrogens with one attached hydrogen (secondary N) is 1. The Kier molecular flexibility index (Phi) is 5.58. The Hall–Kier alpha value is -1.47. The van der Waals surface area contributed by atoms with Gasteiger partial charge in [0.05, 0.1) is 31.1 Å². The number of furan rings is 1. The molecular formula is C10H14N2O4S. The lowest BCUT2D eigenvalue weighted by molar-refractivity contribution is -0.140. The van der Waals surface area contributed by atoms with E-state index in [1.54, 1.807) is 6.07 Å². The van der Waals surface area contributed by atoms with Crippen molar-refractivity contribution >= 4 is 23.6 Å². The molecule has 0 unspecified atom stereocenters. The summed E-state index contributed by atoms with van der Waals surface area (Å²) in [6, 6.07) is 1.55.